The van der Waals surface area contributed by atoms with Crippen LogP contribution in [0.4, 0.5) is 0 Å². The second-order valence-electron chi connectivity index (χ2n) is 10.5. The smallest absolute Gasteiger partial charge is 0.229 e. The van der Waals surface area contributed by atoms with Gasteiger partial charge >= 0.3 is 0 Å². The lowest BCUT2D eigenvalue weighted by Crippen LogP contribution is -2.45. The summed E-state index contributed by atoms with van der Waals surface area (Å²) in [5.41, 5.74) is 2.32. The molecule has 2 fully saturated rings. The Bertz CT molecular complexity index is 950. The van der Waals surface area contributed by atoms with Crippen molar-refractivity contribution in [2.75, 3.05) is 26.2 Å². The maximum atomic E-state index is 13.5. The van der Waals surface area contributed by atoms with Crippen LogP contribution in [-0.4, -0.2) is 56.8 Å². The molecule has 170 valence electrons. The Balaban J connectivity index is 1.44. The first kappa shape index (κ1) is 22.3. The molecule has 7 nitrogen and oxygen atoms in total. The molecule has 2 aromatic rings. The molecule has 0 aliphatic carbocycles. The maximum absolute atomic E-state index is 13.5. The summed E-state index contributed by atoms with van der Waals surface area (Å²) < 4.78 is 6.87. The van der Waals surface area contributed by atoms with E-state index in [2.05, 4.69) is 35.9 Å². The van der Waals surface area contributed by atoms with Crippen LogP contribution in [0.1, 0.15) is 57.8 Å². The molecule has 1 amide bonds. The van der Waals surface area contributed by atoms with Gasteiger partial charge in [-0.15, -0.1) is 0 Å². The first-order chi connectivity index (χ1) is 14.6. The predicted molar refractivity (Wildman–Crippen MR) is 121 cm³/mol. The number of hydrogen-bond donors (Lipinski definition) is 0. The predicted octanol–water partition coefficient (Wildman–Crippen LogP) is 4.29. The van der Waals surface area contributed by atoms with E-state index < -0.39 is 0 Å². The van der Waals surface area contributed by atoms with Gasteiger partial charge in [-0.1, -0.05) is 37.5 Å². The lowest BCUT2D eigenvalue weighted by molar-refractivity contribution is -0.138. The van der Waals surface area contributed by atoms with Crippen molar-refractivity contribution in [3.8, 4) is 11.4 Å². The van der Waals surface area contributed by atoms with Crippen molar-refractivity contribution in [3.63, 3.8) is 0 Å². The summed E-state index contributed by atoms with van der Waals surface area (Å²) in [5.74, 6) is 0.988. The van der Waals surface area contributed by atoms with Gasteiger partial charge in [0.1, 0.15) is 22.3 Å². The second-order valence-corrected chi connectivity index (χ2v) is 10.8. The number of amides is 1. The van der Waals surface area contributed by atoms with E-state index in [1.165, 1.54) is 6.42 Å². The molecule has 2 aliphatic heterocycles. The standard InChI is InChI=1S/C23H34ClN5O2/c1-16-14-18(26-31-16)19-17(20(24)27(5)25-19)15-29-13-9-23(21(29)30)7-11-28(12-8-23)10-6-22(2,3)4/h14H,6-13,15H2,1-5H3. The minimum Gasteiger partial charge on any atom is -0.361 e. The molecule has 2 aliphatic rings. The van der Waals surface area contributed by atoms with Crippen LogP contribution in [0.5, 0.6) is 0 Å². The van der Waals surface area contributed by atoms with Crippen molar-refractivity contribution in [3.05, 3.63) is 22.5 Å². The molecular formula is C23H34ClN5O2. The number of nitrogens with zero attached hydrogens (tertiary/aromatic N) is 5. The molecule has 8 heteroatoms. The molecule has 1 spiro atoms. The lowest BCUT2D eigenvalue weighted by Gasteiger charge is -2.38. The molecule has 0 saturated carbocycles. The Morgan fingerprint density at radius 3 is 2.48 bits per heavy atom. The molecule has 0 unspecified atom stereocenters. The molecule has 0 atom stereocenters. The van der Waals surface area contributed by atoms with Crippen LogP contribution in [-0.2, 0) is 18.4 Å². The molecule has 2 saturated heterocycles. The monoisotopic (exact) mass is 447 g/mol. The lowest BCUT2D eigenvalue weighted by atomic mass is 9.77. The van der Waals surface area contributed by atoms with E-state index in [4.69, 9.17) is 16.1 Å². The van der Waals surface area contributed by atoms with E-state index in [1.807, 2.05) is 24.9 Å². The third-order valence-electron chi connectivity index (χ3n) is 6.88. The fourth-order valence-corrected chi connectivity index (χ4v) is 4.95. The van der Waals surface area contributed by atoms with Gasteiger partial charge in [0.25, 0.3) is 0 Å². The van der Waals surface area contributed by atoms with Crippen LogP contribution in [0.15, 0.2) is 10.6 Å². The molecule has 0 bridgehead atoms. The number of likely N-dealkylation sites (tertiary alicyclic amines) is 2. The SMILES string of the molecule is Cc1cc(-c2nn(C)c(Cl)c2CN2CCC3(CCN(CCC(C)(C)C)CC3)C2=O)no1. The number of carbonyl (C=O) groups is 1. The Hall–Kier alpha value is -1.86. The van der Waals surface area contributed by atoms with Crippen LogP contribution < -0.4 is 0 Å². The van der Waals surface area contributed by atoms with Gasteiger partial charge < -0.3 is 14.3 Å². The number of rotatable bonds is 5. The number of aryl methyl sites for hydroxylation is 2. The highest BCUT2D eigenvalue weighted by Gasteiger charge is 2.48. The topological polar surface area (TPSA) is 67.4 Å². The summed E-state index contributed by atoms with van der Waals surface area (Å²) in [4.78, 5) is 18.0. The highest BCUT2D eigenvalue weighted by atomic mass is 35.5. The van der Waals surface area contributed by atoms with Crippen molar-refractivity contribution in [2.45, 2.75) is 59.9 Å². The van der Waals surface area contributed by atoms with Gasteiger partial charge in [0.2, 0.25) is 5.91 Å². The second kappa shape index (κ2) is 8.24. The van der Waals surface area contributed by atoms with Gasteiger partial charge in [0.15, 0.2) is 0 Å². The van der Waals surface area contributed by atoms with E-state index in [0.717, 1.165) is 56.8 Å². The highest BCUT2D eigenvalue weighted by molar-refractivity contribution is 6.30. The summed E-state index contributed by atoms with van der Waals surface area (Å²) in [6.07, 6.45) is 4.00. The van der Waals surface area contributed by atoms with Gasteiger partial charge in [-0.3, -0.25) is 9.48 Å². The largest absolute Gasteiger partial charge is 0.361 e. The highest BCUT2D eigenvalue weighted by Crippen LogP contribution is 2.43. The molecule has 0 radical (unpaired) electrons. The molecule has 4 heterocycles. The summed E-state index contributed by atoms with van der Waals surface area (Å²) in [6.45, 7) is 13.1. The normalized spacial score (nSPS) is 19.7. The van der Waals surface area contributed by atoms with E-state index in [0.29, 0.717) is 28.5 Å². The summed E-state index contributed by atoms with van der Waals surface area (Å²) in [5, 5.41) is 9.18. The molecule has 0 aromatic carbocycles. The molecule has 31 heavy (non-hydrogen) atoms. The van der Waals surface area contributed by atoms with Crippen molar-refractivity contribution in [2.24, 2.45) is 17.9 Å². The minimum absolute atomic E-state index is 0.211. The van der Waals surface area contributed by atoms with Gasteiger partial charge in [-0.05, 0) is 57.7 Å². The zero-order valence-electron chi connectivity index (χ0n) is 19.4. The molecule has 4 rings (SSSR count). The first-order valence-corrected chi connectivity index (χ1v) is 11.6. The first-order valence-electron chi connectivity index (χ1n) is 11.2. The fraction of sp³-hybridized carbons (Fsp3) is 0.696. The summed E-state index contributed by atoms with van der Waals surface area (Å²) >= 11 is 6.56. The van der Waals surface area contributed by atoms with Crippen LogP contribution in [0.3, 0.4) is 0 Å². The van der Waals surface area contributed by atoms with Crippen molar-refractivity contribution in [1.29, 1.82) is 0 Å². The molecule has 2 aromatic heterocycles. The van der Waals surface area contributed by atoms with Crippen LogP contribution in [0.2, 0.25) is 5.15 Å². The van der Waals surface area contributed by atoms with Crippen LogP contribution >= 0.6 is 11.6 Å². The third-order valence-corrected chi connectivity index (χ3v) is 7.35. The van der Waals surface area contributed by atoms with E-state index in [9.17, 15) is 4.79 Å². The van der Waals surface area contributed by atoms with Crippen molar-refractivity contribution >= 4 is 17.5 Å². The van der Waals surface area contributed by atoms with E-state index >= 15 is 0 Å². The third kappa shape index (κ3) is 4.53. The van der Waals surface area contributed by atoms with Gasteiger partial charge in [-0.2, -0.15) is 5.10 Å². The number of halogens is 1. The van der Waals surface area contributed by atoms with Crippen molar-refractivity contribution in [1.82, 2.24) is 24.7 Å². The maximum Gasteiger partial charge on any atom is 0.229 e. The fourth-order valence-electron chi connectivity index (χ4n) is 4.77. The van der Waals surface area contributed by atoms with E-state index in [-0.39, 0.29) is 11.3 Å². The quantitative estimate of drug-likeness (QED) is 0.684. The van der Waals surface area contributed by atoms with Gasteiger partial charge in [0, 0.05) is 25.2 Å². The van der Waals surface area contributed by atoms with E-state index in [1.54, 1.807) is 4.68 Å². The Kier molecular flexibility index (Phi) is 5.94. The Morgan fingerprint density at radius 2 is 1.87 bits per heavy atom. The number of piperidine rings is 1. The minimum atomic E-state index is -0.211. The van der Waals surface area contributed by atoms with Crippen LogP contribution in [0, 0.1) is 17.8 Å². The number of carbonyl (C=O) groups excluding carboxylic acids is 1. The summed E-state index contributed by atoms with van der Waals surface area (Å²) in [6, 6.07) is 1.85. The Morgan fingerprint density at radius 1 is 1.19 bits per heavy atom. The summed E-state index contributed by atoms with van der Waals surface area (Å²) in [7, 11) is 1.81. The van der Waals surface area contributed by atoms with Crippen molar-refractivity contribution < 1.29 is 9.32 Å². The zero-order chi connectivity index (χ0) is 22.4. The number of aromatic nitrogens is 3. The van der Waals surface area contributed by atoms with Gasteiger partial charge in [-0.25, -0.2) is 0 Å². The van der Waals surface area contributed by atoms with Crippen LogP contribution in [0.25, 0.3) is 11.4 Å². The molecular weight excluding hydrogens is 414 g/mol. The number of hydrogen-bond acceptors (Lipinski definition) is 5. The molecule has 0 N–H and O–H groups in total. The average molecular weight is 448 g/mol. The Labute approximate surface area is 189 Å². The van der Waals surface area contributed by atoms with Gasteiger partial charge in [0.05, 0.1) is 12.0 Å². The average Bonchev–Trinajstić information content (AvgIpc) is 3.35. The zero-order valence-corrected chi connectivity index (χ0v) is 20.1.